The zero-order chi connectivity index (χ0) is 40.8. The number of nitrogens with one attached hydrogen (secondary N) is 1. The smallest absolute Gasteiger partial charge is 0.262 e. The molecule has 1 aliphatic carbocycles. The lowest BCUT2D eigenvalue weighted by Crippen LogP contribution is -2.54. The molecule has 1 unspecified atom stereocenters. The normalized spacial score (nSPS) is 24.0. The number of halogens is 1. The Balaban J connectivity index is 0.735. The van der Waals surface area contributed by atoms with Gasteiger partial charge in [-0.25, -0.2) is 0 Å². The highest BCUT2D eigenvalue weighted by molar-refractivity contribution is 6.31. The molecule has 3 aromatic carbocycles. The number of carbonyl (C=O) groups excluding carboxylic acids is 5. The summed E-state index contributed by atoms with van der Waals surface area (Å²) in [5, 5.41) is 11.8. The molecule has 5 amide bonds. The van der Waals surface area contributed by atoms with Crippen molar-refractivity contribution in [3.8, 4) is 23.7 Å². The number of carbonyl (C=O) groups is 5. The molecule has 5 aliphatic heterocycles. The molecule has 1 saturated carbocycles. The van der Waals surface area contributed by atoms with E-state index in [2.05, 4.69) is 39.1 Å². The van der Waals surface area contributed by atoms with E-state index in [1.165, 1.54) is 0 Å². The molecule has 5 heterocycles. The number of fused-ring (bicyclic) bond motifs is 2. The monoisotopic (exact) mass is 812 g/mol. The minimum absolute atomic E-state index is 0.0475. The van der Waals surface area contributed by atoms with Crippen LogP contribution in [0.5, 0.6) is 5.75 Å². The van der Waals surface area contributed by atoms with E-state index in [1.807, 2.05) is 23.1 Å². The first-order valence-corrected chi connectivity index (χ1v) is 21.2. The molecule has 9 rings (SSSR count). The Morgan fingerprint density at radius 1 is 0.729 bits per heavy atom. The van der Waals surface area contributed by atoms with Gasteiger partial charge >= 0.3 is 0 Å². The minimum Gasteiger partial charge on any atom is -0.490 e. The number of ether oxygens (including phenoxy) is 1. The van der Waals surface area contributed by atoms with Crippen molar-refractivity contribution in [3.63, 3.8) is 0 Å². The minimum atomic E-state index is -0.973. The number of nitrogens with zero attached hydrogens (tertiary/aromatic N) is 5. The third kappa shape index (κ3) is 7.68. The summed E-state index contributed by atoms with van der Waals surface area (Å²) in [6.45, 7) is 4.27. The second kappa shape index (κ2) is 16.2. The van der Waals surface area contributed by atoms with Crippen molar-refractivity contribution in [1.82, 2.24) is 20.0 Å². The fourth-order valence-corrected chi connectivity index (χ4v) is 9.98. The van der Waals surface area contributed by atoms with Crippen LogP contribution >= 0.6 is 11.6 Å². The van der Waals surface area contributed by atoms with Gasteiger partial charge in [-0.2, -0.15) is 5.26 Å². The van der Waals surface area contributed by atoms with Gasteiger partial charge < -0.3 is 19.4 Å². The second-order valence-corrected chi connectivity index (χ2v) is 17.0. The molecule has 1 N–H and O–H groups in total. The molecule has 13 heteroatoms. The zero-order valence-electron chi connectivity index (χ0n) is 32.8. The van der Waals surface area contributed by atoms with Crippen LogP contribution in [0.25, 0.3) is 0 Å². The van der Waals surface area contributed by atoms with Crippen LogP contribution in [0.2, 0.25) is 5.02 Å². The van der Waals surface area contributed by atoms with Crippen LogP contribution in [-0.2, 0) is 16.1 Å². The van der Waals surface area contributed by atoms with Crippen molar-refractivity contribution in [2.24, 2.45) is 5.92 Å². The van der Waals surface area contributed by atoms with Crippen molar-refractivity contribution in [2.45, 2.75) is 95.0 Å². The van der Waals surface area contributed by atoms with Gasteiger partial charge in [-0.05, 0) is 119 Å². The van der Waals surface area contributed by atoms with Gasteiger partial charge in [-0.15, -0.1) is 0 Å². The molecular weight excluding hydrogens is 768 g/mol. The van der Waals surface area contributed by atoms with E-state index in [-0.39, 0.29) is 30.9 Å². The summed E-state index contributed by atoms with van der Waals surface area (Å²) in [6.07, 6.45) is 7.68. The first-order chi connectivity index (χ1) is 28.6. The molecule has 3 aromatic rings. The largest absolute Gasteiger partial charge is 0.490 e. The number of hydrogen-bond acceptors (Lipinski definition) is 9. The third-order valence-electron chi connectivity index (χ3n) is 13.1. The first-order valence-electron chi connectivity index (χ1n) is 20.8. The molecule has 3 saturated heterocycles. The Morgan fingerprint density at radius 2 is 1.49 bits per heavy atom. The van der Waals surface area contributed by atoms with Crippen molar-refractivity contribution < 1.29 is 28.7 Å². The number of benzene rings is 3. The number of hydrogen-bond donors (Lipinski definition) is 1. The molecule has 302 valence electrons. The fraction of sp³-hybridized carbons (Fsp3) is 0.435. The lowest BCUT2D eigenvalue weighted by molar-refractivity contribution is -0.136. The Labute approximate surface area is 348 Å². The van der Waals surface area contributed by atoms with Crippen molar-refractivity contribution in [3.05, 3.63) is 93.0 Å². The van der Waals surface area contributed by atoms with Gasteiger partial charge in [0.1, 0.15) is 17.9 Å². The highest BCUT2D eigenvalue weighted by atomic mass is 35.5. The number of piperidine rings is 3. The summed E-state index contributed by atoms with van der Waals surface area (Å²) >= 11 is 6.19. The summed E-state index contributed by atoms with van der Waals surface area (Å²) in [5.41, 5.74) is 4.63. The quantitative estimate of drug-likeness (QED) is 0.245. The molecule has 0 radical (unpaired) electrons. The van der Waals surface area contributed by atoms with E-state index in [0.717, 1.165) is 105 Å². The van der Waals surface area contributed by atoms with Crippen LogP contribution in [0.1, 0.15) is 112 Å². The van der Waals surface area contributed by atoms with Gasteiger partial charge in [-0.3, -0.25) is 34.2 Å². The van der Waals surface area contributed by atoms with Gasteiger partial charge in [-0.1, -0.05) is 29.5 Å². The number of amides is 5. The zero-order valence-corrected chi connectivity index (χ0v) is 33.5. The van der Waals surface area contributed by atoms with Gasteiger partial charge in [0.05, 0.1) is 27.8 Å². The maximum Gasteiger partial charge on any atom is 0.262 e. The Kier molecular flexibility index (Phi) is 10.6. The molecule has 12 nitrogen and oxygen atoms in total. The lowest BCUT2D eigenvalue weighted by Gasteiger charge is -2.42. The van der Waals surface area contributed by atoms with Crippen LogP contribution in [0, 0.1) is 29.1 Å². The summed E-state index contributed by atoms with van der Waals surface area (Å²) in [4.78, 5) is 72.1. The topological polar surface area (TPSA) is 143 Å². The maximum atomic E-state index is 13.6. The van der Waals surface area contributed by atoms with E-state index in [9.17, 15) is 24.0 Å². The van der Waals surface area contributed by atoms with E-state index >= 15 is 0 Å². The number of likely N-dealkylation sites (tertiary alicyclic amines) is 1. The Hall–Kier alpha value is -5.69. The molecule has 0 aromatic heterocycles. The number of rotatable bonds is 6. The van der Waals surface area contributed by atoms with Crippen LogP contribution in [-0.4, -0.2) is 94.6 Å². The van der Waals surface area contributed by atoms with Crippen LogP contribution in [0.15, 0.2) is 54.6 Å². The standard InChI is InChI=1S/C46H45ClN6O6/c47-40-25-36(9-5-30(40)26-48)59-35-10-6-33(7-11-35)52-27-31-4-3-29(23-38(31)44(52)56)2-1-28-15-19-50(20-16-28)32-17-21-51(22-18-32)34-8-12-37-39(24-34)46(58)53(45(37)57)41-13-14-42(54)49-43(41)55/h3-5,8-9,12,23-25,28,32-33,35,41H,6-7,10-11,13-22,27H2,(H,49,54,55)/t33-,35-,41?. The van der Waals surface area contributed by atoms with Crippen molar-refractivity contribution >= 4 is 46.8 Å². The van der Waals surface area contributed by atoms with Gasteiger partial charge in [0, 0.05) is 66.9 Å². The van der Waals surface area contributed by atoms with Gasteiger partial charge in [0.2, 0.25) is 11.8 Å². The summed E-state index contributed by atoms with van der Waals surface area (Å²) < 4.78 is 6.17. The van der Waals surface area contributed by atoms with Crippen LogP contribution in [0.3, 0.4) is 0 Å². The van der Waals surface area contributed by atoms with Crippen molar-refractivity contribution in [2.75, 3.05) is 31.1 Å². The number of nitriles is 1. The van der Waals surface area contributed by atoms with Gasteiger partial charge in [0.25, 0.3) is 17.7 Å². The van der Waals surface area contributed by atoms with Crippen LogP contribution < -0.4 is 15.0 Å². The fourth-order valence-electron chi connectivity index (χ4n) is 9.76. The number of anilines is 1. The summed E-state index contributed by atoms with van der Waals surface area (Å²) in [7, 11) is 0. The predicted molar refractivity (Wildman–Crippen MR) is 219 cm³/mol. The maximum absolute atomic E-state index is 13.6. The molecule has 1 atom stereocenters. The Morgan fingerprint density at radius 3 is 2.22 bits per heavy atom. The summed E-state index contributed by atoms with van der Waals surface area (Å²) in [6, 6.07) is 18.3. The summed E-state index contributed by atoms with van der Waals surface area (Å²) in [5.74, 6) is 6.00. The average molecular weight is 813 g/mol. The predicted octanol–water partition coefficient (Wildman–Crippen LogP) is 5.69. The molecular formula is C46H45ClN6O6. The molecule has 59 heavy (non-hydrogen) atoms. The highest BCUT2D eigenvalue weighted by Gasteiger charge is 2.45. The van der Waals surface area contributed by atoms with Gasteiger partial charge in [0.15, 0.2) is 0 Å². The Bertz CT molecular complexity index is 2340. The van der Waals surface area contributed by atoms with E-state index in [4.69, 9.17) is 21.6 Å². The van der Waals surface area contributed by atoms with E-state index in [1.54, 1.807) is 30.3 Å². The van der Waals surface area contributed by atoms with E-state index in [0.29, 0.717) is 46.0 Å². The first kappa shape index (κ1) is 38.8. The van der Waals surface area contributed by atoms with Crippen molar-refractivity contribution in [1.29, 1.82) is 5.26 Å². The lowest BCUT2D eigenvalue weighted by atomic mass is 9.92. The highest BCUT2D eigenvalue weighted by Crippen LogP contribution is 2.35. The van der Waals surface area contributed by atoms with E-state index < -0.39 is 29.7 Å². The third-order valence-corrected chi connectivity index (χ3v) is 13.4. The average Bonchev–Trinajstić information content (AvgIpc) is 3.71. The molecule has 0 bridgehead atoms. The van der Waals surface area contributed by atoms with Crippen LogP contribution in [0.4, 0.5) is 5.69 Å². The molecule has 0 spiro atoms. The number of imide groups is 2. The molecule has 6 aliphatic rings. The second-order valence-electron chi connectivity index (χ2n) is 16.6. The molecule has 4 fully saturated rings. The SMILES string of the molecule is N#Cc1ccc(O[C@H]2CC[C@H](N3Cc4ccc(C#CC5CCN(C6CCN(c7ccc8c(c7)C(=O)N(C7CCC(=O)NC7=O)C8=O)CC6)CC5)cc4C3=O)CC2)cc1Cl.